The smallest absolute Gasteiger partial charge is 0.416 e. The van der Waals surface area contributed by atoms with E-state index in [4.69, 9.17) is 30.9 Å². The summed E-state index contributed by atoms with van der Waals surface area (Å²) >= 11 is 6.98. The van der Waals surface area contributed by atoms with Gasteiger partial charge >= 0.3 is 12.1 Å². The van der Waals surface area contributed by atoms with Gasteiger partial charge in [-0.2, -0.15) is 13.2 Å². The minimum atomic E-state index is -4.67. The first-order valence-electron chi connectivity index (χ1n) is 12.4. The van der Waals surface area contributed by atoms with Gasteiger partial charge in [0.15, 0.2) is 11.5 Å². The molecule has 230 valence electrons. The van der Waals surface area contributed by atoms with Crippen LogP contribution in [0.4, 0.5) is 23.7 Å². The number of ether oxygens (including phenoxy) is 3. The first-order valence-corrected chi connectivity index (χ1v) is 13.6. The largest absolute Gasteiger partial charge is 0.495 e. The molecule has 0 unspecified atom stereocenters. The van der Waals surface area contributed by atoms with Crippen LogP contribution >= 0.6 is 23.4 Å². The number of anilines is 1. The van der Waals surface area contributed by atoms with Crippen LogP contribution in [0.2, 0.25) is 5.02 Å². The van der Waals surface area contributed by atoms with Gasteiger partial charge in [-0.3, -0.25) is 19.3 Å². The van der Waals surface area contributed by atoms with Crippen molar-refractivity contribution in [2.75, 3.05) is 26.1 Å². The van der Waals surface area contributed by atoms with Gasteiger partial charge in [-0.25, -0.2) is 4.79 Å². The molecule has 4 rings (SSSR count). The number of aromatic carboxylic acids is 1. The Morgan fingerprint density at radius 1 is 1.02 bits per heavy atom. The number of methoxy groups -OCH3 is 2. The number of nitrogens with zero attached hydrogens (tertiary/aromatic N) is 1. The Labute approximate surface area is 257 Å². The summed E-state index contributed by atoms with van der Waals surface area (Å²) in [6.45, 7) is -0.714. The fourth-order valence-electron chi connectivity index (χ4n) is 3.97. The number of benzene rings is 3. The van der Waals surface area contributed by atoms with Crippen molar-refractivity contribution in [3.05, 3.63) is 86.8 Å². The van der Waals surface area contributed by atoms with Crippen LogP contribution in [-0.2, 0) is 22.4 Å². The lowest BCUT2D eigenvalue weighted by Crippen LogP contribution is -2.36. The summed E-state index contributed by atoms with van der Waals surface area (Å²) in [4.78, 5) is 49.8. The highest BCUT2D eigenvalue weighted by atomic mass is 35.5. The van der Waals surface area contributed by atoms with E-state index in [1.807, 2.05) is 0 Å². The van der Waals surface area contributed by atoms with Crippen molar-refractivity contribution >= 4 is 58.1 Å². The van der Waals surface area contributed by atoms with Gasteiger partial charge in [-0.05, 0) is 71.4 Å². The Bertz CT molecular complexity index is 1660. The van der Waals surface area contributed by atoms with E-state index in [0.29, 0.717) is 33.9 Å². The molecule has 0 aliphatic carbocycles. The zero-order valence-corrected chi connectivity index (χ0v) is 24.4. The number of carboxylic acids is 1. The number of carboxylic acid groups (broad SMARTS) is 1. The van der Waals surface area contributed by atoms with Gasteiger partial charge in [0, 0.05) is 0 Å². The van der Waals surface area contributed by atoms with Crippen molar-refractivity contribution in [1.82, 2.24) is 4.90 Å². The molecule has 0 saturated carbocycles. The van der Waals surface area contributed by atoms with Crippen LogP contribution in [0.3, 0.4) is 0 Å². The van der Waals surface area contributed by atoms with Crippen molar-refractivity contribution in [3.63, 3.8) is 0 Å². The maximum Gasteiger partial charge on any atom is 0.416 e. The highest BCUT2D eigenvalue weighted by Crippen LogP contribution is 2.40. The number of alkyl halides is 3. The van der Waals surface area contributed by atoms with Crippen LogP contribution < -0.4 is 19.5 Å². The normalized spacial score (nSPS) is 14.1. The third-order valence-corrected chi connectivity index (χ3v) is 7.30. The molecule has 0 radical (unpaired) electrons. The number of nitrogens with one attached hydrogen (secondary N) is 1. The minimum absolute atomic E-state index is 0.0373. The average molecular weight is 651 g/mol. The first-order chi connectivity index (χ1) is 20.8. The van der Waals surface area contributed by atoms with E-state index >= 15 is 0 Å². The Hall–Kier alpha value is -4.69. The molecule has 1 saturated heterocycles. The molecule has 0 atom stereocenters. The average Bonchev–Trinajstić information content (AvgIpc) is 3.23. The molecular weight excluding hydrogens is 629 g/mol. The Morgan fingerprint density at radius 3 is 2.32 bits per heavy atom. The Kier molecular flexibility index (Phi) is 9.75. The summed E-state index contributed by atoms with van der Waals surface area (Å²) in [5.41, 5.74) is -0.149. The molecule has 2 N–H and O–H groups in total. The number of hydrogen-bond acceptors (Lipinski definition) is 8. The van der Waals surface area contributed by atoms with E-state index in [2.05, 4.69) is 5.32 Å². The zero-order valence-electron chi connectivity index (χ0n) is 22.9. The van der Waals surface area contributed by atoms with Gasteiger partial charge in [0.25, 0.3) is 11.1 Å². The van der Waals surface area contributed by atoms with E-state index in [9.17, 15) is 32.3 Å². The number of halogens is 4. The lowest BCUT2D eigenvalue weighted by molar-refractivity contribution is -0.137. The summed E-state index contributed by atoms with van der Waals surface area (Å²) in [6, 6.07) is 11.5. The molecule has 1 fully saturated rings. The molecule has 0 spiro atoms. The molecule has 15 heteroatoms. The number of imide groups is 1. The van der Waals surface area contributed by atoms with E-state index in [1.54, 1.807) is 12.1 Å². The number of thioether (sulfide) groups is 1. The van der Waals surface area contributed by atoms with Gasteiger partial charge < -0.3 is 24.6 Å². The van der Waals surface area contributed by atoms with Crippen LogP contribution in [0.15, 0.2) is 59.5 Å². The SMILES string of the molecule is COc1ccc(C(F)(F)F)cc1NC(=O)CN1C(=O)S/C(=C\c2cc(Cl)c(OCc3ccc(C(=O)O)cc3)c(OC)c2)C1=O. The second-order valence-corrected chi connectivity index (χ2v) is 10.5. The predicted molar refractivity (Wildman–Crippen MR) is 155 cm³/mol. The Balaban J connectivity index is 1.47. The number of hydrogen-bond donors (Lipinski definition) is 2. The van der Waals surface area contributed by atoms with Crippen LogP contribution in [0.5, 0.6) is 17.2 Å². The lowest BCUT2D eigenvalue weighted by atomic mass is 10.1. The predicted octanol–water partition coefficient (Wildman–Crippen LogP) is 6.33. The van der Waals surface area contributed by atoms with Gasteiger partial charge in [0.2, 0.25) is 5.91 Å². The standard InChI is InChI=1S/C29H22ClF3N2O8S/c1-41-21-8-7-18(29(31,32)33)12-20(21)34-24(36)13-35-26(37)23(44-28(35)40)11-16-9-19(30)25(22(10-16)42-2)43-14-15-3-5-17(6-4-15)27(38)39/h3-12H,13-14H2,1-2H3,(H,34,36)(H,38,39)/b23-11-. The van der Waals surface area contributed by atoms with Crippen LogP contribution in [0.25, 0.3) is 6.08 Å². The molecule has 1 aliphatic heterocycles. The van der Waals surface area contributed by atoms with Crippen molar-refractivity contribution in [3.8, 4) is 17.2 Å². The van der Waals surface area contributed by atoms with Gasteiger partial charge in [0.1, 0.15) is 18.9 Å². The maximum absolute atomic E-state index is 13.1. The number of carbonyl (C=O) groups is 4. The fraction of sp³-hybridized carbons (Fsp3) is 0.172. The monoisotopic (exact) mass is 650 g/mol. The van der Waals surface area contributed by atoms with Crippen LogP contribution in [0, 0.1) is 0 Å². The van der Waals surface area contributed by atoms with E-state index in [-0.39, 0.29) is 45.0 Å². The molecule has 44 heavy (non-hydrogen) atoms. The molecule has 0 aromatic heterocycles. The second-order valence-electron chi connectivity index (χ2n) is 9.05. The van der Waals surface area contributed by atoms with Gasteiger partial charge in [0.05, 0.1) is 41.0 Å². The van der Waals surface area contributed by atoms with Gasteiger partial charge in [-0.1, -0.05) is 23.7 Å². The molecule has 3 amide bonds. The molecule has 1 heterocycles. The van der Waals surface area contributed by atoms with E-state index in [0.717, 1.165) is 12.1 Å². The molecule has 0 bridgehead atoms. The minimum Gasteiger partial charge on any atom is -0.495 e. The zero-order chi connectivity index (χ0) is 32.2. The first kappa shape index (κ1) is 32.2. The van der Waals surface area contributed by atoms with Gasteiger partial charge in [-0.15, -0.1) is 0 Å². The second kappa shape index (κ2) is 13.3. The third-order valence-electron chi connectivity index (χ3n) is 6.11. The molecule has 10 nitrogen and oxygen atoms in total. The molecular formula is C29H22ClF3N2O8S. The Morgan fingerprint density at radius 2 is 1.70 bits per heavy atom. The third kappa shape index (κ3) is 7.44. The van der Waals surface area contributed by atoms with E-state index in [1.165, 1.54) is 44.6 Å². The van der Waals surface area contributed by atoms with Crippen molar-refractivity contribution in [2.24, 2.45) is 0 Å². The van der Waals surface area contributed by atoms with Crippen molar-refractivity contribution < 1.29 is 51.7 Å². The molecule has 3 aromatic rings. The topological polar surface area (TPSA) is 131 Å². The van der Waals surface area contributed by atoms with E-state index < -0.39 is 41.3 Å². The highest BCUT2D eigenvalue weighted by molar-refractivity contribution is 8.18. The summed E-state index contributed by atoms with van der Waals surface area (Å²) in [7, 11) is 2.58. The lowest BCUT2D eigenvalue weighted by Gasteiger charge is -2.16. The van der Waals surface area contributed by atoms with Crippen molar-refractivity contribution in [1.29, 1.82) is 0 Å². The fourth-order valence-corrected chi connectivity index (χ4v) is 5.08. The molecule has 1 aliphatic rings. The number of carbonyl (C=O) groups excluding carboxylic acids is 3. The van der Waals surface area contributed by atoms with Crippen molar-refractivity contribution in [2.45, 2.75) is 12.8 Å². The summed E-state index contributed by atoms with van der Waals surface area (Å²) in [6.07, 6.45) is -3.31. The van der Waals surface area contributed by atoms with Crippen LogP contribution in [0.1, 0.15) is 27.0 Å². The summed E-state index contributed by atoms with van der Waals surface area (Å²) < 4.78 is 55.6. The number of amides is 3. The highest BCUT2D eigenvalue weighted by Gasteiger charge is 2.37. The maximum atomic E-state index is 13.1. The molecule has 3 aromatic carbocycles. The summed E-state index contributed by atoms with van der Waals surface area (Å²) in [5, 5.41) is 10.6. The quantitative estimate of drug-likeness (QED) is 0.242. The van der Waals surface area contributed by atoms with Crippen LogP contribution in [-0.4, -0.2) is 53.8 Å². The summed E-state index contributed by atoms with van der Waals surface area (Å²) in [5.74, 6) is -2.44. The number of rotatable bonds is 10.